The van der Waals surface area contributed by atoms with Gasteiger partial charge in [-0.05, 0) is 88.6 Å². The minimum atomic E-state index is -4.11. The first-order valence-corrected chi connectivity index (χ1v) is 14.5. The number of benzene rings is 3. The molecule has 3 rings (SSSR count). The number of hydrogen-bond acceptors (Lipinski definition) is 4. The molecule has 0 spiro atoms. The number of carbonyl (C=O) groups is 2. The molecular weight excluding hydrogens is 534 g/mol. The fraction of sp³-hybridized carbons (Fsp3) is 0.333. The summed E-state index contributed by atoms with van der Waals surface area (Å²) in [7, 11) is -4.11. The summed E-state index contributed by atoms with van der Waals surface area (Å²) in [6.45, 7) is 10.5. The molecule has 0 fully saturated rings. The van der Waals surface area contributed by atoms with Gasteiger partial charge in [0.2, 0.25) is 11.8 Å². The number of rotatable bonds is 9. The maximum absolute atomic E-state index is 14.0. The van der Waals surface area contributed by atoms with Crippen LogP contribution in [0.25, 0.3) is 0 Å². The van der Waals surface area contributed by atoms with Gasteiger partial charge in [0.15, 0.2) is 0 Å². The van der Waals surface area contributed by atoms with Crippen LogP contribution in [0.5, 0.6) is 0 Å². The molecule has 0 aromatic heterocycles. The minimum Gasteiger partial charge on any atom is -0.350 e. The van der Waals surface area contributed by atoms with Gasteiger partial charge in [0.1, 0.15) is 12.6 Å². The van der Waals surface area contributed by atoms with Crippen molar-refractivity contribution in [2.45, 2.75) is 64.6 Å². The molecule has 0 heterocycles. The van der Waals surface area contributed by atoms with Gasteiger partial charge in [0.05, 0.1) is 10.6 Å². The summed E-state index contributed by atoms with van der Waals surface area (Å²) in [4.78, 5) is 28.6. The highest BCUT2D eigenvalue weighted by atomic mass is 35.5. The van der Waals surface area contributed by atoms with Crippen molar-refractivity contribution in [3.63, 3.8) is 0 Å². The zero-order valence-corrected chi connectivity index (χ0v) is 24.8. The van der Waals surface area contributed by atoms with Crippen molar-refractivity contribution in [3.8, 4) is 0 Å². The summed E-state index contributed by atoms with van der Waals surface area (Å²) in [6, 6.07) is 19.4. The molecular formula is C30H36ClN3O4S. The van der Waals surface area contributed by atoms with Crippen molar-refractivity contribution in [2.24, 2.45) is 0 Å². The highest BCUT2D eigenvalue weighted by Crippen LogP contribution is 2.27. The Morgan fingerprint density at radius 2 is 1.54 bits per heavy atom. The number of hydrogen-bond donors (Lipinski definition) is 1. The summed E-state index contributed by atoms with van der Waals surface area (Å²) in [5.74, 6) is -0.893. The molecule has 1 N–H and O–H groups in total. The van der Waals surface area contributed by atoms with E-state index in [1.165, 1.54) is 17.0 Å². The van der Waals surface area contributed by atoms with E-state index < -0.39 is 34.1 Å². The number of anilines is 1. The van der Waals surface area contributed by atoms with Crippen LogP contribution >= 0.6 is 11.6 Å². The predicted molar refractivity (Wildman–Crippen MR) is 156 cm³/mol. The van der Waals surface area contributed by atoms with E-state index in [0.29, 0.717) is 16.3 Å². The molecule has 0 saturated heterocycles. The maximum atomic E-state index is 14.0. The summed E-state index contributed by atoms with van der Waals surface area (Å²) >= 11 is 6.41. The van der Waals surface area contributed by atoms with Gasteiger partial charge >= 0.3 is 0 Å². The highest BCUT2D eigenvalue weighted by molar-refractivity contribution is 7.92. The van der Waals surface area contributed by atoms with E-state index in [0.717, 1.165) is 15.4 Å². The number of aryl methyl sites for hydroxylation is 2. The Morgan fingerprint density at radius 1 is 0.923 bits per heavy atom. The van der Waals surface area contributed by atoms with E-state index in [2.05, 4.69) is 5.32 Å². The lowest BCUT2D eigenvalue weighted by atomic mass is 10.1. The average molecular weight is 570 g/mol. The lowest BCUT2D eigenvalue weighted by Gasteiger charge is -2.33. The molecule has 0 saturated carbocycles. The second-order valence-corrected chi connectivity index (χ2v) is 12.9. The number of nitrogens with one attached hydrogen (secondary N) is 1. The van der Waals surface area contributed by atoms with E-state index in [-0.39, 0.29) is 17.3 Å². The quantitative estimate of drug-likeness (QED) is 0.369. The van der Waals surface area contributed by atoms with Gasteiger partial charge in [0.25, 0.3) is 10.0 Å². The molecule has 39 heavy (non-hydrogen) atoms. The SMILES string of the molecule is Cc1ccc(N(CC(=O)N(Cc2ccccc2Cl)[C@H](C)C(=O)NC(C)(C)C)S(=O)(=O)c2ccccc2)cc1C. The third-order valence-corrected chi connectivity index (χ3v) is 8.51. The topological polar surface area (TPSA) is 86.8 Å². The van der Waals surface area contributed by atoms with Crippen molar-refractivity contribution in [1.82, 2.24) is 10.2 Å². The van der Waals surface area contributed by atoms with E-state index in [1.54, 1.807) is 61.5 Å². The molecule has 9 heteroatoms. The van der Waals surface area contributed by atoms with Gasteiger partial charge in [-0.15, -0.1) is 0 Å². The smallest absolute Gasteiger partial charge is 0.264 e. The second-order valence-electron chi connectivity index (χ2n) is 10.6. The molecule has 2 amide bonds. The van der Waals surface area contributed by atoms with Crippen LogP contribution in [0.1, 0.15) is 44.4 Å². The fourth-order valence-electron chi connectivity index (χ4n) is 4.00. The van der Waals surface area contributed by atoms with Crippen LogP contribution in [0.2, 0.25) is 5.02 Å². The predicted octanol–water partition coefficient (Wildman–Crippen LogP) is 5.48. The van der Waals surface area contributed by atoms with Crippen LogP contribution in [0.3, 0.4) is 0 Å². The molecule has 0 unspecified atom stereocenters. The summed E-state index contributed by atoms with van der Waals surface area (Å²) in [5.41, 5.74) is 2.37. The van der Waals surface area contributed by atoms with Crippen molar-refractivity contribution in [2.75, 3.05) is 10.8 Å². The molecule has 3 aromatic carbocycles. The molecule has 7 nitrogen and oxygen atoms in total. The molecule has 0 aliphatic rings. The number of carbonyl (C=O) groups excluding carboxylic acids is 2. The summed E-state index contributed by atoms with van der Waals surface area (Å²) in [5, 5.41) is 3.36. The number of sulfonamides is 1. The largest absolute Gasteiger partial charge is 0.350 e. The Kier molecular flexibility index (Phi) is 9.46. The van der Waals surface area contributed by atoms with Crippen molar-refractivity contribution < 1.29 is 18.0 Å². The summed E-state index contributed by atoms with van der Waals surface area (Å²) in [6.07, 6.45) is 0. The van der Waals surface area contributed by atoms with Gasteiger partial charge in [-0.1, -0.05) is 54.1 Å². The lowest BCUT2D eigenvalue weighted by molar-refractivity contribution is -0.140. The fourth-order valence-corrected chi connectivity index (χ4v) is 5.62. The van der Waals surface area contributed by atoms with E-state index in [4.69, 9.17) is 11.6 Å². The van der Waals surface area contributed by atoms with Crippen LogP contribution in [-0.4, -0.2) is 43.3 Å². The monoisotopic (exact) mass is 569 g/mol. The zero-order valence-electron chi connectivity index (χ0n) is 23.2. The third kappa shape index (κ3) is 7.61. The lowest BCUT2D eigenvalue weighted by Crippen LogP contribution is -2.54. The van der Waals surface area contributed by atoms with Crippen LogP contribution in [0.15, 0.2) is 77.7 Å². The van der Waals surface area contributed by atoms with Gasteiger partial charge in [-0.2, -0.15) is 0 Å². The van der Waals surface area contributed by atoms with E-state index in [9.17, 15) is 18.0 Å². The van der Waals surface area contributed by atoms with E-state index in [1.807, 2.05) is 40.7 Å². The highest BCUT2D eigenvalue weighted by Gasteiger charge is 2.33. The number of nitrogens with zero attached hydrogens (tertiary/aromatic N) is 2. The van der Waals surface area contributed by atoms with E-state index >= 15 is 0 Å². The van der Waals surface area contributed by atoms with Crippen LogP contribution < -0.4 is 9.62 Å². The van der Waals surface area contributed by atoms with Gasteiger partial charge in [-0.25, -0.2) is 8.42 Å². The zero-order chi connectivity index (χ0) is 29.0. The molecule has 1 atom stereocenters. The van der Waals surface area contributed by atoms with Crippen molar-refractivity contribution in [3.05, 3.63) is 94.5 Å². The van der Waals surface area contributed by atoms with Crippen LogP contribution in [-0.2, 0) is 26.2 Å². The molecule has 0 radical (unpaired) electrons. The van der Waals surface area contributed by atoms with Crippen LogP contribution in [0.4, 0.5) is 5.69 Å². The number of amides is 2. The first-order chi connectivity index (χ1) is 18.2. The van der Waals surface area contributed by atoms with Gasteiger partial charge in [-0.3, -0.25) is 13.9 Å². The summed E-state index contributed by atoms with van der Waals surface area (Å²) < 4.78 is 28.8. The van der Waals surface area contributed by atoms with Crippen molar-refractivity contribution >= 4 is 39.1 Å². The molecule has 208 valence electrons. The first-order valence-electron chi connectivity index (χ1n) is 12.7. The normalized spacial score (nSPS) is 12.5. The minimum absolute atomic E-state index is 0.0311. The van der Waals surface area contributed by atoms with Gasteiger partial charge in [0, 0.05) is 17.1 Å². The molecule has 0 aliphatic heterocycles. The van der Waals surface area contributed by atoms with Crippen molar-refractivity contribution in [1.29, 1.82) is 0 Å². The second kappa shape index (κ2) is 12.2. The molecule has 3 aromatic rings. The Labute approximate surface area is 236 Å². The Bertz CT molecular complexity index is 1440. The standard InChI is InChI=1S/C30H36ClN3O4S/c1-21-16-17-25(18-22(21)2)34(39(37,38)26-13-8-7-9-14-26)20-28(35)33(19-24-12-10-11-15-27(24)31)23(3)29(36)32-30(4,5)6/h7-18,23H,19-20H2,1-6H3,(H,32,36)/t23-/m1/s1. The Balaban J connectivity index is 2.06. The number of halogens is 1. The third-order valence-electron chi connectivity index (χ3n) is 6.35. The molecule has 0 bridgehead atoms. The molecule has 0 aliphatic carbocycles. The maximum Gasteiger partial charge on any atom is 0.264 e. The average Bonchev–Trinajstić information content (AvgIpc) is 2.87. The first kappa shape index (κ1) is 30.2. The Hall–Kier alpha value is -3.36. The van der Waals surface area contributed by atoms with Crippen LogP contribution in [0, 0.1) is 13.8 Å². The Morgan fingerprint density at radius 3 is 2.13 bits per heavy atom. The van der Waals surface area contributed by atoms with Gasteiger partial charge < -0.3 is 10.2 Å².